The van der Waals surface area contributed by atoms with Gasteiger partial charge in [-0.1, -0.05) is 23.7 Å². The maximum atomic E-state index is 15.1. The molecule has 3 aromatic carbocycles. The fraction of sp³-hybridized carbons (Fsp3) is 0.160. The number of methoxy groups -OCH3 is 1. The highest BCUT2D eigenvalue weighted by atomic mass is 35.5. The van der Waals surface area contributed by atoms with Crippen LogP contribution in [0.5, 0.6) is 0 Å². The molecular weight excluding hydrogens is 461 g/mol. The Balaban J connectivity index is 1.68. The molecule has 7 nitrogen and oxygen atoms in total. The van der Waals surface area contributed by atoms with Gasteiger partial charge in [0, 0.05) is 29.7 Å². The first-order chi connectivity index (χ1) is 16.3. The van der Waals surface area contributed by atoms with Crippen molar-refractivity contribution in [2.24, 2.45) is 0 Å². The average molecular weight is 480 g/mol. The van der Waals surface area contributed by atoms with Gasteiger partial charge in [-0.3, -0.25) is 13.9 Å². The lowest BCUT2D eigenvalue weighted by Crippen LogP contribution is -2.24. The van der Waals surface area contributed by atoms with Crippen LogP contribution in [0.15, 0.2) is 59.4 Å². The molecule has 9 heteroatoms. The van der Waals surface area contributed by atoms with Gasteiger partial charge in [0.2, 0.25) is 0 Å². The molecule has 0 radical (unpaired) electrons. The summed E-state index contributed by atoms with van der Waals surface area (Å²) in [7, 11) is 2.90. The van der Waals surface area contributed by atoms with E-state index in [1.54, 1.807) is 54.4 Å². The summed E-state index contributed by atoms with van der Waals surface area (Å²) >= 11 is 6.24. The Kier molecular flexibility index (Phi) is 5.25. The van der Waals surface area contributed by atoms with Gasteiger partial charge in [-0.15, -0.1) is 0 Å². The summed E-state index contributed by atoms with van der Waals surface area (Å²) in [5.74, 6) is -1.60. The third-order valence-electron chi connectivity index (χ3n) is 6.04. The summed E-state index contributed by atoms with van der Waals surface area (Å²) < 4.78 is 22.6. The van der Waals surface area contributed by atoms with Gasteiger partial charge < -0.3 is 9.64 Å². The zero-order valence-corrected chi connectivity index (χ0v) is 19.1. The number of hydrogen-bond acceptors (Lipinski definition) is 4. The Morgan fingerprint density at radius 1 is 1.09 bits per heavy atom. The first-order valence-corrected chi connectivity index (χ1v) is 10.8. The summed E-state index contributed by atoms with van der Waals surface area (Å²) in [6.07, 6.45) is 0. The van der Waals surface area contributed by atoms with Gasteiger partial charge in [-0.05, 0) is 48.0 Å². The highest BCUT2D eigenvalue weighted by Gasteiger charge is 2.26. The van der Waals surface area contributed by atoms with Crippen molar-refractivity contribution < 1.29 is 18.7 Å². The summed E-state index contributed by atoms with van der Waals surface area (Å²) in [6.45, 7) is 0.342. The smallest absolute Gasteiger partial charge is 0.340 e. The summed E-state index contributed by atoms with van der Waals surface area (Å²) in [6, 6.07) is 14.6. The van der Waals surface area contributed by atoms with Crippen molar-refractivity contribution in [3.05, 3.63) is 98.2 Å². The number of imidazole rings is 1. The van der Waals surface area contributed by atoms with Crippen molar-refractivity contribution in [1.29, 1.82) is 0 Å². The molecule has 0 unspecified atom stereocenters. The molecule has 1 amide bonds. The number of amides is 1. The van der Waals surface area contributed by atoms with Crippen molar-refractivity contribution in [3.8, 4) is 5.69 Å². The van der Waals surface area contributed by atoms with Gasteiger partial charge in [0.1, 0.15) is 5.82 Å². The monoisotopic (exact) mass is 479 g/mol. The number of aromatic nitrogens is 2. The quantitative estimate of drug-likeness (QED) is 0.415. The normalized spacial score (nSPS) is 12.9. The van der Waals surface area contributed by atoms with Crippen LogP contribution in [0.2, 0.25) is 5.02 Å². The first kappa shape index (κ1) is 21.9. The largest absolute Gasteiger partial charge is 0.465 e. The van der Waals surface area contributed by atoms with Gasteiger partial charge >= 0.3 is 11.7 Å². The Morgan fingerprint density at radius 2 is 1.88 bits per heavy atom. The minimum atomic E-state index is -0.793. The maximum Gasteiger partial charge on any atom is 0.340 e. The van der Waals surface area contributed by atoms with Crippen molar-refractivity contribution >= 4 is 34.5 Å². The average Bonchev–Trinajstić information content (AvgIpc) is 3.26. The van der Waals surface area contributed by atoms with Crippen LogP contribution in [-0.2, 0) is 17.8 Å². The molecule has 0 atom stereocenters. The van der Waals surface area contributed by atoms with Gasteiger partial charge in [0.05, 0.1) is 35.9 Å². The van der Waals surface area contributed by atoms with Crippen LogP contribution < -0.4 is 5.69 Å². The van der Waals surface area contributed by atoms with E-state index in [4.69, 9.17) is 11.6 Å². The van der Waals surface area contributed by atoms with Crippen LogP contribution in [0.1, 0.15) is 31.8 Å². The topological polar surface area (TPSA) is 73.5 Å². The van der Waals surface area contributed by atoms with E-state index in [2.05, 4.69) is 4.74 Å². The third kappa shape index (κ3) is 3.38. The predicted molar refractivity (Wildman–Crippen MR) is 125 cm³/mol. The number of halogens is 2. The molecule has 4 aromatic rings. The Hall–Kier alpha value is -3.91. The van der Waals surface area contributed by atoms with E-state index >= 15 is 4.39 Å². The number of esters is 1. The van der Waals surface area contributed by atoms with Crippen LogP contribution in [0.4, 0.5) is 4.39 Å². The van der Waals surface area contributed by atoms with E-state index in [0.29, 0.717) is 33.9 Å². The van der Waals surface area contributed by atoms with Gasteiger partial charge in [0.25, 0.3) is 5.91 Å². The number of hydrogen-bond donors (Lipinski definition) is 0. The molecule has 34 heavy (non-hydrogen) atoms. The van der Waals surface area contributed by atoms with Crippen LogP contribution in [0.25, 0.3) is 16.7 Å². The lowest BCUT2D eigenvalue weighted by atomic mass is 10.1. The minimum Gasteiger partial charge on any atom is -0.465 e. The molecule has 0 fully saturated rings. The Labute approximate surface area is 198 Å². The van der Waals surface area contributed by atoms with E-state index < -0.39 is 17.5 Å². The number of nitrogens with zero attached hydrogens (tertiary/aromatic N) is 3. The number of carbonyl (C=O) groups excluding carboxylic acids is 2. The van der Waals surface area contributed by atoms with E-state index in [-0.39, 0.29) is 23.6 Å². The molecular formula is C25H19ClFN3O4. The van der Waals surface area contributed by atoms with Crippen molar-refractivity contribution in [2.45, 2.75) is 13.1 Å². The molecule has 0 saturated heterocycles. The molecule has 1 aromatic heterocycles. The zero-order valence-electron chi connectivity index (χ0n) is 18.3. The van der Waals surface area contributed by atoms with Gasteiger partial charge in [0.15, 0.2) is 0 Å². The zero-order chi connectivity index (χ0) is 24.1. The van der Waals surface area contributed by atoms with E-state index in [0.717, 1.165) is 5.56 Å². The molecule has 0 saturated carbocycles. The summed E-state index contributed by atoms with van der Waals surface area (Å²) in [5, 5.41) is 0.438. The van der Waals surface area contributed by atoms with Gasteiger partial charge in [-0.2, -0.15) is 0 Å². The van der Waals surface area contributed by atoms with Crippen LogP contribution in [0, 0.1) is 5.82 Å². The van der Waals surface area contributed by atoms with Crippen LogP contribution >= 0.6 is 11.6 Å². The second-order valence-electron chi connectivity index (χ2n) is 8.11. The maximum absolute atomic E-state index is 15.1. The molecule has 0 bridgehead atoms. The third-order valence-corrected chi connectivity index (χ3v) is 6.27. The predicted octanol–water partition coefficient (Wildman–Crippen LogP) is 4.01. The Bertz CT molecular complexity index is 1560. The minimum absolute atomic E-state index is 0.0691. The summed E-state index contributed by atoms with van der Waals surface area (Å²) in [5.41, 5.74) is 2.64. The number of benzene rings is 3. The molecule has 1 aliphatic rings. The molecule has 2 heterocycles. The van der Waals surface area contributed by atoms with Crippen molar-refractivity contribution in [1.82, 2.24) is 14.0 Å². The number of ether oxygens (including phenoxy) is 1. The van der Waals surface area contributed by atoms with Gasteiger partial charge in [-0.25, -0.2) is 14.0 Å². The van der Waals surface area contributed by atoms with E-state index in [9.17, 15) is 14.4 Å². The second-order valence-corrected chi connectivity index (χ2v) is 8.55. The molecule has 0 N–H and O–H groups in total. The second kappa shape index (κ2) is 8.14. The highest BCUT2D eigenvalue weighted by molar-refractivity contribution is 6.31. The van der Waals surface area contributed by atoms with Crippen LogP contribution in [0.3, 0.4) is 0 Å². The lowest BCUT2D eigenvalue weighted by molar-refractivity contribution is 0.0595. The fourth-order valence-corrected chi connectivity index (χ4v) is 4.53. The van der Waals surface area contributed by atoms with Crippen LogP contribution in [-0.4, -0.2) is 40.1 Å². The number of carbonyl (C=O) groups is 2. The first-order valence-electron chi connectivity index (χ1n) is 10.5. The Morgan fingerprint density at radius 3 is 2.65 bits per heavy atom. The van der Waals surface area contributed by atoms with E-state index in [1.807, 2.05) is 0 Å². The molecule has 1 aliphatic heterocycles. The standard InChI is InChI=1S/C25H19ClFN3O4/c1-28-12-15-10-17(7-8-18(15)23(28)31)30-21-11-16(26)6-9-20(21)29(25(30)33)13-14-4-3-5-19(22(14)27)24(32)34-2/h3-11H,12-13H2,1-2H3. The summed E-state index contributed by atoms with van der Waals surface area (Å²) in [4.78, 5) is 39.4. The number of rotatable bonds is 4. The lowest BCUT2D eigenvalue weighted by Gasteiger charge is -2.08. The van der Waals surface area contributed by atoms with Crippen molar-refractivity contribution in [2.75, 3.05) is 14.2 Å². The highest BCUT2D eigenvalue weighted by Crippen LogP contribution is 2.27. The molecule has 0 aliphatic carbocycles. The molecule has 0 spiro atoms. The van der Waals surface area contributed by atoms with Crippen molar-refractivity contribution in [3.63, 3.8) is 0 Å². The molecule has 172 valence electrons. The SMILES string of the molecule is COC(=O)c1cccc(Cn2c(=O)n(-c3ccc4c(c3)CN(C)C4=O)c3cc(Cl)ccc32)c1F. The molecule has 5 rings (SSSR count). The van der Waals surface area contributed by atoms with E-state index in [1.165, 1.54) is 28.4 Å². The fourth-order valence-electron chi connectivity index (χ4n) is 4.36. The number of fused-ring (bicyclic) bond motifs is 2.